The summed E-state index contributed by atoms with van der Waals surface area (Å²) in [5.74, 6) is 0.766. The largest absolute Gasteiger partial charge is 0.494 e. The summed E-state index contributed by atoms with van der Waals surface area (Å²) in [5, 5.41) is 6.48. The molecule has 7 nitrogen and oxygen atoms in total. The van der Waals surface area contributed by atoms with Crippen molar-refractivity contribution in [1.29, 1.82) is 0 Å². The van der Waals surface area contributed by atoms with Gasteiger partial charge in [-0.1, -0.05) is 112 Å². The lowest BCUT2D eigenvalue weighted by Gasteiger charge is -2.23. The van der Waals surface area contributed by atoms with Gasteiger partial charge in [-0.15, -0.1) is 0 Å². The molecular weight excluding hydrogens is 679 g/mol. The van der Waals surface area contributed by atoms with Crippen LogP contribution in [-0.4, -0.2) is 20.9 Å². The topological polar surface area (TPSA) is 96.5 Å². The predicted molar refractivity (Wildman–Crippen MR) is 223 cm³/mol. The van der Waals surface area contributed by atoms with Crippen molar-refractivity contribution < 1.29 is 17.9 Å². The van der Waals surface area contributed by atoms with Crippen LogP contribution in [-0.2, 0) is 16.4 Å². The third kappa shape index (κ3) is 11.8. The third-order valence-corrected chi connectivity index (χ3v) is 11.1. The van der Waals surface area contributed by atoms with E-state index in [2.05, 4.69) is 43.1 Å². The van der Waals surface area contributed by atoms with E-state index in [4.69, 9.17) is 4.74 Å². The fraction of sp³-hybridized carbons (Fsp3) is 0.444. The number of benzene rings is 4. The molecule has 0 spiro atoms. The number of unbranched alkanes of at least 4 members (excludes halogenated alkanes) is 5. The molecule has 0 aliphatic rings. The van der Waals surface area contributed by atoms with Gasteiger partial charge in [-0.25, -0.2) is 8.42 Å². The Labute approximate surface area is 319 Å². The highest BCUT2D eigenvalue weighted by molar-refractivity contribution is 7.92. The zero-order chi connectivity index (χ0) is 38.5. The van der Waals surface area contributed by atoms with Crippen molar-refractivity contribution >= 4 is 38.7 Å². The van der Waals surface area contributed by atoms with Crippen LogP contribution in [0.1, 0.15) is 151 Å². The summed E-state index contributed by atoms with van der Waals surface area (Å²) < 4.78 is 37.4. The molecule has 4 rings (SSSR count). The van der Waals surface area contributed by atoms with Gasteiger partial charge in [0.2, 0.25) is 0 Å². The molecule has 3 N–H and O–H groups in total. The molecule has 1 amide bonds. The molecule has 286 valence electrons. The van der Waals surface area contributed by atoms with Crippen LogP contribution in [0.25, 0.3) is 0 Å². The van der Waals surface area contributed by atoms with Gasteiger partial charge in [-0.2, -0.15) is 0 Å². The van der Waals surface area contributed by atoms with Crippen LogP contribution in [0.5, 0.6) is 5.75 Å². The van der Waals surface area contributed by atoms with E-state index in [0.29, 0.717) is 34.1 Å². The molecule has 0 unspecified atom stereocenters. The van der Waals surface area contributed by atoms with Crippen molar-refractivity contribution in [3.05, 3.63) is 107 Å². The lowest BCUT2D eigenvalue weighted by atomic mass is 9.89. The van der Waals surface area contributed by atoms with Gasteiger partial charge in [0, 0.05) is 11.3 Å². The van der Waals surface area contributed by atoms with Crippen molar-refractivity contribution in [3.63, 3.8) is 0 Å². The Balaban J connectivity index is 1.66. The van der Waals surface area contributed by atoms with E-state index < -0.39 is 10.0 Å². The molecule has 53 heavy (non-hydrogen) atoms. The summed E-state index contributed by atoms with van der Waals surface area (Å²) in [4.78, 5) is 14.0. The van der Waals surface area contributed by atoms with Crippen LogP contribution in [0.15, 0.2) is 83.8 Å². The normalized spacial score (nSPS) is 11.7. The van der Waals surface area contributed by atoms with E-state index >= 15 is 0 Å². The molecular formula is C45H61N3O4S. The molecule has 0 atom stereocenters. The van der Waals surface area contributed by atoms with E-state index in [9.17, 15) is 13.2 Å². The summed E-state index contributed by atoms with van der Waals surface area (Å²) in [5.41, 5.74) is 6.66. The average Bonchev–Trinajstić information content (AvgIpc) is 3.12. The molecule has 4 aromatic carbocycles. The Morgan fingerprint density at radius 2 is 1.26 bits per heavy atom. The monoisotopic (exact) mass is 739 g/mol. The highest BCUT2D eigenvalue weighted by Crippen LogP contribution is 2.37. The van der Waals surface area contributed by atoms with Crippen LogP contribution < -0.4 is 20.1 Å². The molecule has 8 heteroatoms. The second kappa shape index (κ2) is 19.7. The van der Waals surface area contributed by atoms with Crippen molar-refractivity contribution in [2.24, 2.45) is 0 Å². The molecule has 0 saturated carbocycles. The Kier molecular flexibility index (Phi) is 15.4. The number of amides is 1. The zero-order valence-electron chi connectivity index (χ0n) is 33.1. The first-order valence-corrected chi connectivity index (χ1v) is 21.1. The molecule has 4 aromatic rings. The number of sulfonamides is 1. The quantitative estimate of drug-likeness (QED) is 0.0784. The highest BCUT2D eigenvalue weighted by Gasteiger charge is 2.27. The molecule has 0 aliphatic carbocycles. The van der Waals surface area contributed by atoms with Crippen LogP contribution in [0.2, 0.25) is 0 Å². The van der Waals surface area contributed by atoms with E-state index in [0.717, 1.165) is 60.2 Å². The maximum Gasteiger partial charge on any atom is 0.262 e. The number of carbonyl (C=O) groups is 1. The van der Waals surface area contributed by atoms with E-state index in [1.54, 1.807) is 18.2 Å². The lowest BCUT2D eigenvalue weighted by molar-refractivity contribution is 0.102. The van der Waals surface area contributed by atoms with Crippen molar-refractivity contribution in [1.82, 2.24) is 0 Å². The second-order valence-electron chi connectivity index (χ2n) is 15.0. The Hall–Kier alpha value is -4.30. The number of nitrogens with one attached hydrogen (secondary N) is 3. The second-order valence-corrected chi connectivity index (χ2v) is 16.6. The lowest BCUT2D eigenvalue weighted by Crippen LogP contribution is -2.19. The Morgan fingerprint density at radius 3 is 1.85 bits per heavy atom. The summed E-state index contributed by atoms with van der Waals surface area (Å²) >= 11 is 0. The number of rotatable bonds is 20. The number of carbonyl (C=O) groups excluding carboxylic acids is 1. The van der Waals surface area contributed by atoms with Crippen LogP contribution in [0.4, 0.5) is 22.7 Å². The number of ether oxygens (including phenoxy) is 1. The van der Waals surface area contributed by atoms with Gasteiger partial charge in [-0.3, -0.25) is 9.52 Å². The van der Waals surface area contributed by atoms with Gasteiger partial charge in [0.05, 0.1) is 28.6 Å². The molecule has 0 heterocycles. The molecule has 0 fully saturated rings. The van der Waals surface area contributed by atoms with Gasteiger partial charge < -0.3 is 15.4 Å². The minimum absolute atomic E-state index is 0.00456. The molecule has 0 aliphatic heterocycles. The predicted octanol–water partition coefficient (Wildman–Crippen LogP) is 12.5. The molecule has 0 radical (unpaired) electrons. The maximum atomic E-state index is 14.3. The summed E-state index contributed by atoms with van der Waals surface area (Å²) in [6, 6.07) is 24.7. The van der Waals surface area contributed by atoms with Gasteiger partial charge >= 0.3 is 0 Å². The van der Waals surface area contributed by atoms with E-state index in [1.165, 1.54) is 24.8 Å². The SMILES string of the molecule is CCCCCCOc1ccc(Nc2ccc(NS(=O)(=O)c3c(C(C)C)cc(C(C)C)cc3C(C)C)cc2NC(=O)c2ccc(CCCCC)cc2)cc1. The minimum atomic E-state index is -4.01. The number of aryl methyl sites for hydroxylation is 1. The highest BCUT2D eigenvalue weighted by atomic mass is 32.2. The number of hydrogen-bond donors (Lipinski definition) is 3. The Bertz CT molecular complexity index is 1850. The fourth-order valence-corrected chi connectivity index (χ4v) is 8.08. The van der Waals surface area contributed by atoms with Gasteiger partial charge in [0.1, 0.15) is 5.75 Å². The number of anilines is 4. The summed E-state index contributed by atoms with van der Waals surface area (Å²) in [6.45, 7) is 17.4. The van der Waals surface area contributed by atoms with E-state index in [1.807, 2.05) is 88.4 Å². The van der Waals surface area contributed by atoms with Crippen molar-refractivity contribution in [2.45, 2.75) is 129 Å². The Morgan fingerprint density at radius 1 is 0.660 bits per heavy atom. The molecule has 0 saturated heterocycles. The summed E-state index contributed by atoms with van der Waals surface area (Å²) in [6.07, 6.45) is 9.00. The fourth-order valence-electron chi connectivity index (χ4n) is 6.33. The van der Waals surface area contributed by atoms with Crippen molar-refractivity contribution in [3.8, 4) is 5.75 Å². The first-order valence-electron chi connectivity index (χ1n) is 19.6. The van der Waals surface area contributed by atoms with Crippen LogP contribution in [0.3, 0.4) is 0 Å². The van der Waals surface area contributed by atoms with E-state index in [-0.39, 0.29) is 23.7 Å². The maximum absolute atomic E-state index is 14.3. The van der Waals surface area contributed by atoms with Gasteiger partial charge in [0.25, 0.3) is 15.9 Å². The van der Waals surface area contributed by atoms with Gasteiger partial charge in [-0.05, 0) is 114 Å². The first kappa shape index (κ1) is 41.5. The van der Waals surface area contributed by atoms with Crippen LogP contribution >= 0.6 is 0 Å². The van der Waals surface area contributed by atoms with Crippen molar-refractivity contribution in [2.75, 3.05) is 22.0 Å². The van der Waals surface area contributed by atoms with Gasteiger partial charge in [0.15, 0.2) is 0 Å². The summed E-state index contributed by atoms with van der Waals surface area (Å²) in [7, 11) is -4.01. The minimum Gasteiger partial charge on any atom is -0.494 e. The average molecular weight is 740 g/mol. The molecule has 0 aromatic heterocycles. The standard InChI is InChI=1S/C45H61N3O4S/c1-9-11-13-15-27-52-39-24-21-37(22-25-39)46-42-26-23-38(30-43(42)47-45(49)35-19-17-34(18-20-35)16-14-12-10-2)48-53(50,51)44-40(32(5)6)28-36(31(3)4)29-41(44)33(7)8/h17-26,28-33,46,48H,9-16,27H2,1-8H3,(H,47,49). The third-order valence-electron chi connectivity index (χ3n) is 9.55. The number of hydrogen-bond acceptors (Lipinski definition) is 5. The molecule has 0 bridgehead atoms. The first-order chi connectivity index (χ1) is 25.3. The zero-order valence-corrected chi connectivity index (χ0v) is 34.0. The van der Waals surface area contributed by atoms with Crippen LogP contribution in [0, 0.1) is 0 Å². The smallest absolute Gasteiger partial charge is 0.262 e.